The summed E-state index contributed by atoms with van der Waals surface area (Å²) < 4.78 is 27.1. The van der Waals surface area contributed by atoms with Crippen LogP contribution in [0.3, 0.4) is 0 Å². The molecule has 0 aromatic carbocycles. The second-order valence-electron chi connectivity index (χ2n) is 4.55. The number of thioether (sulfide) groups is 1. The second kappa shape index (κ2) is 7.28. The summed E-state index contributed by atoms with van der Waals surface area (Å²) in [5, 5.41) is 2.86. The number of pyridine rings is 1. The van der Waals surface area contributed by atoms with Gasteiger partial charge in [0.25, 0.3) is 0 Å². The fourth-order valence-corrected chi connectivity index (χ4v) is 3.81. The lowest BCUT2D eigenvalue weighted by Gasteiger charge is -2.29. The predicted octanol–water partition coefficient (Wildman–Crippen LogP) is 2.32. The minimum atomic E-state index is -3.50. The lowest BCUT2D eigenvalue weighted by atomic mass is 10.0. The van der Waals surface area contributed by atoms with Crippen molar-refractivity contribution >= 4 is 27.6 Å². The van der Waals surface area contributed by atoms with Gasteiger partial charge in [0, 0.05) is 24.5 Å². The minimum absolute atomic E-state index is 0.0502. The van der Waals surface area contributed by atoms with E-state index in [0.29, 0.717) is 12.4 Å². The number of aromatic nitrogens is 1. The molecule has 0 aliphatic rings. The summed E-state index contributed by atoms with van der Waals surface area (Å²) in [6.45, 7) is 4.59. The van der Waals surface area contributed by atoms with Gasteiger partial charge in [-0.1, -0.05) is 13.8 Å². The normalized spacial score (nSPS) is 12.4. The molecule has 1 aromatic heterocycles. The Hall–Kier alpha value is -0.790. The Bertz CT molecular complexity index is 503. The first-order valence-corrected chi connectivity index (χ1v) is 9.32. The Labute approximate surface area is 126 Å². The molecule has 0 fully saturated rings. The molecule has 0 saturated heterocycles. The Morgan fingerprint density at radius 2 is 1.95 bits per heavy atom. The quantitative estimate of drug-likeness (QED) is 0.770. The van der Waals surface area contributed by atoms with Crippen molar-refractivity contribution in [3.8, 4) is 0 Å². The Balaban J connectivity index is 2.84. The third kappa shape index (κ3) is 4.10. The van der Waals surface area contributed by atoms with E-state index in [2.05, 4.69) is 28.9 Å². The van der Waals surface area contributed by atoms with E-state index >= 15 is 0 Å². The summed E-state index contributed by atoms with van der Waals surface area (Å²) in [5.41, 5.74) is 0. The number of hydrogen-bond acceptors (Lipinski definition) is 5. The van der Waals surface area contributed by atoms with Crippen LogP contribution in [0.2, 0.25) is 0 Å². The van der Waals surface area contributed by atoms with Crippen LogP contribution >= 0.6 is 11.8 Å². The molecule has 2 N–H and O–H groups in total. The molecular formula is C13H23N3O2S2. The first-order chi connectivity index (χ1) is 9.43. The van der Waals surface area contributed by atoms with Gasteiger partial charge < -0.3 is 5.32 Å². The zero-order valence-corrected chi connectivity index (χ0v) is 14.1. The molecule has 114 valence electrons. The average molecular weight is 317 g/mol. The molecular weight excluding hydrogens is 294 g/mol. The van der Waals surface area contributed by atoms with E-state index in [1.165, 1.54) is 6.20 Å². The van der Waals surface area contributed by atoms with Gasteiger partial charge in [0.1, 0.15) is 10.7 Å². The van der Waals surface area contributed by atoms with Crippen molar-refractivity contribution in [2.24, 2.45) is 0 Å². The Morgan fingerprint density at radius 1 is 1.30 bits per heavy atom. The number of sulfonamides is 1. The third-order valence-electron chi connectivity index (χ3n) is 3.61. The monoisotopic (exact) mass is 317 g/mol. The van der Waals surface area contributed by atoms with Crippen molar-refractivity contribution in [3.05, 3.63) is 18.3 Å². The fourth-order valence-electron chi connectivity index (χ4n) is 1.86. The molecule has 0 spiro atoms. The molecule has 0 radical (unpaired) electrons. The van der Waals surface area contributed by atoms with Crippen LogP contribution in [0.25, 0.3) is 0 Å². The molecule has 0 aliphatic heterocycles. The van der Waals surface area contributed by atoms with E-state index < -0.39 is 10.0 Å². The number of anilines is 1. The van der Waals surface area contributed by atoms with Crippen molar-refractivity contribution in [1.82, 2.24) is 9.71 Å². The molecule has 0 amide bonds. The second-order valence-corrected chi connectivity index (χ2v) is 7.59. The van der Waals surface area contributed by atoms with E-state index in [9.17, 15) is 8.42 Å². The van der Waals surface area contributed by atoms with Gasteiger partial charge in [-0.2, -0.15) is 11.8 Å². The molecule has 1 rings (SSSR count). The lowest BCUT2D eigenvalue weighted by molar-refractivity contribution is 0.522. The van der Waals surface area contributed by atoms with Gasteiger partial charge in [-0.3, -0.25) is 0 Å². The van der Waals surface area contributed by atoms with Crippen molar-refractivity contribution in [2.75, 3.05) is 25.2 Å². The fraction of sp³-hybridized carbons (Fsp3) is 0.615. The summed E-state index contributed by atoms with van der Waals surface area (Å²) in [6, 6.07) is 3.20. The topological polar surface area (TPSA) is 71.1 Å². The van der Waals surface area contributed by atoms with Crippen LogP contribution in [0.1, 0.15) is 26.7 Å². The third-order valence-corrected chi connectivity index (χ3v) is 6.58. The van der Waals surface area contributed by atoms with E-state index in [1.54, 1.807) is 30.9 Å². The van der Waals surface area contributed by atoms with Gasteiger partial charge in [-0.15, -0.1) is 0 Å². The highest BCUT2D eigenvalue weighted by Gasteiger charge is 2.27. The zero-order valence-electron chi connectivity index (χ0n) is 12.4. The molecule has 0 saturated carbocycles. The Morgan fingerprint density at radius 3 is 2.35 bits per heavy atom. The maximum atomic E-state index is 12.2. The van der Waals surface area contributed by atoms with Crippen molar-refractivity contribution in [2.45, 2.75) is 36.3 Å². The standard InChI is InChI=1S/C13H23N3O2S2/c1-5-13(6-2,19-4)10-16-20(17,18)11-7-8-12(14-3)15-9-11/h7-9,16H,5-6,10H2,1-4H3,(H,14,15). The SMILES string of the molecule is CCC(CC)(CNS(=O)(=O)c1ccc(NC)nc1)SC. The van der Waals surface area contributed by atoms with Crippen LogP contribution in [-0.4, -0.2) is 38.0 Å². The summed E-state index contributed by atoms with van der Waals surface area (Å²) in [4.78, 5) is 4.23. The minimum Gasteiger partial charge on any atom is -0.373 e. The highest BCUT2D eigenvalue weighted by atomic mass is 32.2. The van der Waals surface area contributed by atoms with Crippen LogP contribution in [-0.2, 0) is 10.0 Å². The molecule has 7 heteroatoms. The lowest BCUT2D eigenvalue weighted by Crippen LogP contribution is -2.39. The van der Waals surface area contributed by atoms with Gasteiger partial charge in [-0.25, -0.2) is 18.1 Å². The Kier molecular flexibility index (Phi) is 6.29. The smallest absolute Gasteiger partial charge is 0.242 e. The van der Waals surface area contributed by atoms with Crippen molar-refractivity contribution in [3.63, 3.8) is 0 Å². The maximum Gasteiger partial charge on any atom is 0.242 e. The van der Waals surface area contributed by atoms with E-state index in [1.807, 2.05) is 6.26 Å². The molecule has 20 heavy (non-hydrogen) atoms. The van der Waals surface area contributed by atoms with Gasteiger partial charge in [0.05, 0.1) is 0 Å². The molecule has 1 heterocycles. The molecule has 0 unspecified atom stereocenters. The van der Waals surface area contributed by atoms with Gasteiger partial charge >= 0.3 is 0 Å². The molecule has 0 aliphatic carbocycles. The van der Waals surface area contributed by atoms with Crippen LogP contribution in [0, 0.1) is 0 Å². The number of hydrogen-bond donors (Lipinski definition) is 2. The van der Waals surface area contributed by atoms with E-state index in [0.717, 1.165) is 12.8 Å². The van der Waals surface area contributed by atoms with Crippen molar-refractivity contribution < 1.29 is 8.42 Å². The first kappa shape index (κ1) is 17.3. The van der Waals surface area contributed by atoms with Crippen LogP contribution < -0.4 is 10.0 Å². The molecule has 5 nitrogen and oxygen atoms in total. The van der Waals surface area contributed by atoms with E-state index in [4.69, 9.17) is 0 Å². The van der Waals surface area contributed by atoms with Gasteiger partial charge in [0.15, 0.2) is 0 Å². The van der Waals surface area contributed by atoms with Crippen LogP contribution in [0.4, 0.5) is 5.82 Å². The van der Waals surface area contributed by atoms with E-state index in [-0.39, 0.29) is 9.64 Å². The average Bonchev–Trinajstić information content (AvgIpc) is 2.49. The maximum absolute atomic E-state index is 12.2. The van der Waals surface area contributed by atoms with Crippen molar-refractivity contribution in [1.29, 1.82) is 0 Å². The summed E-state index contributed by atoms with van der Waals surface area (Å²) in [7, 11) is -1.76. The molecule has 1 aromatic rings. The zero-order chi connectivity index (χ0) is 15.2. The summed E-state index contributed by atoms with van der Waals surface area (Å²) in [5.74, 6) is 0.643. The summed E-state index contributed by atoms with van der Waals surface area (Å²) in [6.07, 6.45) is 5.23. The highest BCUT2D eigenvalue weighted by molar-refractivity contribution is 8.00. The van der Waals surface area contributed by atoms with Crippen LogP contribution in [0.5, 0.6) is 0 Å². The highest BCUT2D eigenvalue weighted by Crippen LogP contribution is 2.30. The number of nitrogens with zero attached hydrogens (tertiary/aromatic N) is 1. The predicted molar refractivity (Wildman–Crippen MR) is 85.8 cm³/mol. The molecule has 0 bridgehead atoms. The van der Waals surface area contributed by atoms with Crippen LogP contribution in [0.15, 0.2) is 23.2 Å². The summed E-state index contributed by atoms with van der Waals surface area (Å²) >= 11 is 1.71. The number of rotatable bonds is 8. The van der Waals surface area contributed by atoms with Gasteiger partial charge in [-0.05, 0) is 31.2 Å². The number of nitrogens with one attached hydrogen (secondary N) is 2. The first-order valence-electron chi connectivity index (χ1n) is 6.61. The van der Waals surface area contributed by atoms with Gasteiger partial charge in [0.2, 0.25) is 10.0 Å². The molecule has 0 atom stereocenters. The largest absolute Gasteiger partial charge is 0.373 e.